The first-order valence-electron chi connectivity index (χ1n) is 4.78. The summed E-state index contributed by atoms with van der Waals surface area (Å²) < 4.78 is 38.3. The van der Waals surface area contributed by atoms with Crippen molar-refractivity contribution in [3.63, 3.8) is 0 Å². The lowest BCUT2D eigenvalue weighted by Crippen LogP contribution is -2.59. The number of rotatable bonds is 2. The van der Waals surface area contributed by atoms with Crippen molar-refractivity contribution in [2.75, 3.05) is 5.32 Å². The summed E-state index contributed by atoms with van der Waals surface area (Å²) in [6, 6.07) is 2.76. The fourth-order valence-corrected chi connectivity index (χ4v) is 2.34. The molecule has 0 aliphatic carbocycles. The van der Waals surface area contributed by atoms with Crippen molar-refractivity contribution in [1.29, 1.82) is 0 Å². The number of benzene rings is 1. The van der Waals surface area contributed by atoms with Crippen LogP contribution in [0.4, 0.5) is 18.9 Å². The van der Waals surface area contributed by atoms with Crippen LogP contribution in [0.2, 0.25) is 10.0 Å². The Hall–Kier alpha value is -0.500. The Morgan fingerprint density at radius 1 is 1.32 bits per heavy atom. The summed E-state index contributed by atoms with van der Waals surface area (Å²) in [4.78, 5) is 11.6. The molecule has 106 valence electrons. The van der Waals surface area contributed by atoms with Crippen LogP contribution in [0.5, 0.6) is 0 Å². The van der Waals surface area contributed by atoms with Crippen LogP contribution in [0.15, 0.2) is 16.6 Å². The van der Waals surface area contributed by atoms with Gasteiger partial charge in [-0.3, -0.25) is 4.79 Å². The summed E-state index contributed by atoms with van der Waals surface area (Å²) >= 11 is 14.7. The first kappa shape index (κ1) is 16.6. The maximum absolute atomic E-state index is 12.6. The fourth-order valence-electron chi connectivity index (χ4n) is 1.03. The Bertz CT molecular complexity index is 497. The summed E-state index contributed by atoms with van der Waals surface area (Å²) in [6.45, 7) is 0.559. The average molecular weight is 380 g/mol. The maximum Gasteiger partial charge on any atom is 0.415 e. The van der Waals surface area contributed by atoms with E-state index in [9.17, 15) is 18.0 Å². The van der Waals surface area contributed by atoms with Gasteiger partial charge in [0, 0.05) is 4.47 Å². The monoisotopic (exact) mass is 378 g/mol. The highest BCUT2D eigenvalue weighted by Gasteiger charge is 2.54. The molecule has 0 fully saturated rings. The molecule has 0 spiro atoms. The zero-order valence-corrected chi connectivity index (χ0v) is 12.5. The Morgan fingerprint density at radius 3 is 2.11 bits per heavy atom. The smallest absolute Gasteiger partial charge is 0.322 e. The first-order chi connectivity index (χ1) is 8.46. The van der Waals surface area contributed by atoms with Crippen LogP contribution in [0, 0.1) is 0 Å². The summed E-state index contributed by atoms with van der Waals surface area (Å²) in [7, 11) is 0. The normalized spacial score (nSPS) is 14.9. The number of halogens is 6. The van der Waals surface area contributed by atoms with Gasteiger partial charge in [-0.25, -0.2) is 0 Å². The SMILES string of the molecule is CC(N)(C(=O)Nc1c(Cl)cc(Br)cc1Cl)C(F)(F)F. The summed E-state index contributed by atoms with van der Waals surface area (Å²) in [5.41, 5.74) is 1.81. The molecular formula is C10H8BrCl2F3N2O. The van der Waals surface area contributed by atoms with Crippen LogP contribution in [-0.4, -0.2) is 17.6 Å². The zero-order valence-electron chi connectivity index (χ0n) is 9.41. The topological polar surface area (TPSA) is 55.1 Å². The number of amides is 1. The van der Waals surface area contributed by atoms with Crippen molar-refractivity contribution >= 4 is 50.7 Å². The van der Waals surface area contributed by atoms with E-state index in [0.717, 1.165) is 0 Å². The summed E-state index contributed by atoms with van der Waals surface area (Å²) in [5.74, 6) is -1.45. The molecule has 1 aromatic carbocycles. The molecule has 3 nitrogen and oxygen atoms in total. The first-order valence-corrected chi connectivity index (χ1v) is 6.33. The largest absolute Gasteiger partial charge is 0.415 e. The summed E-state index contributed by atoms with van der Waals surface area (Å²) in [5, 5.41) is 1.97. The number of hydrogen-bond acceptors (Lipinski definition) is 2. The Labute approximate surface area is 125 Å². The second kappa shape index (κ2) is 5.47. The molecule has 1 aromatic rings. The van der Waals surface area contributed by atoms with Gasteiger partial charge in [-0.05, 0) is 19.1 Å². The van der Waals surface area contributed by atoms with Crippen molar-refractivity contribution in [1.82, 2.24) is 0 Å². The number of anilines is 1. The number of alkyl halides is 3. The molecule has 19 heavy (non-hydrogen) atoms. The van der Waals surface area contributed by atoms with Crippen molar-refractivity contribution < 1.29 is 18.0 Å². The number of nitrogens with one attached hydrogen (secondary N) is 1. The van der Waals surface area contributed by atoms with Gasteiger partial charge in [0.2, 0.25) is 0 Å². The third-order valence-electron chi connectivity index (χ3n) is 2.31. The maximum atomic E-state index is 12.6. The number of nitrogens with two attached hydrogens (primary N) is 1. The molecule has 0 aliphatic heterocycles. The van der Waals surface area contributed by atoms with Gasteiger partial charge in [-0.1, -0.05) is 39.1 Å². The van der Waals surface area contributed by atoms with Gasteiger partial charge < -0.3 is 11.1 Å². The fraction of sp³-hybridized carbons (Fsp3) is 0.300. The Kier molecular flexibility index (Phi) is 4.77. The summed E-state index contributed by atoms with van der Waals surface area (Å²) in [6.07, 6.45) is -4.90. The third kappa shape index (κ3) is 3.53. The van der Waals surface area contributed by atoms with Crippen LogP contribution in [0.1, 0.15) is 6.92 Å². The standard InChI is InChI=1S/C10H8BrCl2F3N2O/c1-9(17,10(14,15)16)8(19)18-7-5(12)2-4(11)3-6(7)13/h2-3H,17H2,1H3,(H,18,19). The van der Waals surface area contributed by atoms with Gasteiger partial charge in [0.1, 0.15) is 0 Å². The zero-order chi connectivity index (χ0) is 15.0. The average Bonchev–Trinajstić information content (AvgIpc) is 2.21. The van der Waals surface area contributed by atoms with Crippen molar-refractivity contribution in [2.45, 2.75) is 18.6 Å². The van der Waals surface area contributed by atoms with Gasteiger partial charge in [0.15, 0.2) is 5.54 Å². The van der Waals surface area contributed by atoms with Crippen LogP contribution in [0.3, 0.4) is 0 Å². The Morgan fingerprint density at radius 2 is 1.74 bits per heavy atom. The molecule has 0 bridgehead atoms. The molecule has 0 heterocycles. The minimum absolute atomic E-state index is 0.00861. The highest BCUT2D eigenvalue weighted by atomic mass is 79.9. The Balaban J connectivity index is 3.08. The van der Waals surface area contributed by atoms with E-state index in [-0.39, 0.29) is 15.7 Å². The second-order valence-corrected chi connectivity index (χ2v) is 5.63. The molecular weight excluding hydrogens is 372 g/mol. The van der Waals surface area contributed by atoms with E-state index < -0.39 is 17.6 Å². The van der Waals surface area contributed by atoms with Gasteiger partial charge in [-0.15, -0.1) is 0 Å². The van der Waals surface area contributed by atoms with Crippen LogP contribution < -0.4 is 11.1 Å². The van der Waals surface area contributed by atoms with Gasteiger partial charge in [0.25, 0.3) is 5.91 Å². The van der Waals surface area contributed by atoms with Crippen LogP contribution in [-0.2, 0) is 4.79 Å². The van der Waals surface area contributed by atoms with E-state index in [4.69, 9.17) is 28.9 Å². The highest BCUT2D eigenvalue weighted by Crippen LogP contribution is 2.35. The number of carbonyl (C=O) groups excluding carboxylic acids is 1. The van der Waals surface area contributed by atoms with Crippen molar-refractivity contribution in [3.8, 4) is 0 Å². The van der Waals surface area contributed by atoms with E-state index in [1.165, 1.54) is 12.1 Å². The van der Waals surface area contributed by atoms with Crippen LogP contribution in [0.25, 0.3) is 0 Å². The van der Waals surface area contributed by atoms with Gasteiger partial charge >= 0.3 is 6.18 Å². The predicted octanol–water partition coefficient (Wildman–Crippen LogP) is 3.97. The molecule has 3 N–H and O–H groups in total. The molecule has 1 atom stereocenters. The molecule has 0 saturated carbocycles. The molecule has 1 amide bonds. The molecule has 1 unspecified atom stereocenters. The van der Waals surface area contributed by atoms with E-state index in [1.807, 2.05) is 5.32 Å². The van der Waals surface area contributed by atoms with E-state index >= 15 is 0 Å². The molecule has 0 aromatic heterocycles. The molecule has 0 saturated heterocycles. The quantitative estimate of drug-likeness (QED) is 0.816. The van der Waals surface area contributed by atoms with E-state index in [0.29, 0.717) is 11.4 Å². The lowest BCUT2D eigenvalue weighted by molar-refractivity contribution is -0.184. The minimum Gasteiger partial charge on any atom is -0.322 e. The van der Waals surface area contributed by atoms with E-state index in [2.05, 4.69) is 15.9 Å². The molecule has 0 aliphatic rings. The van der Waals surface area contributed by atoms with Crippen LogP contribution >= 0.6 is 39.1 Å². The number of carbonyl (C=O) groups is 1. The third-order valence-corrected chi connectivity index (χ3v) is 3.36. The highest BCUT2D eigenvalue weighted by molar-refractivity contribution is 9.10. The van der Waals surface area contributed by atoms with Gasteiger partial charge in [-0.2, -0.15) is 13.2 Å². The lowest BCUT2D eigenvalue weighted by Gasteiger charge is -2.26. The molecule has 0 radical (unpaired) electrons. The lowest BCUT2D eigenvalue weighted by atomic mass is 10.0. The minimum atomic E-state index is -4.90. The molecule has 9 heteroatoms. The van der Waals surface area contributed by atoms with Gasteiger partial charge in [0.05, 0.1) is 15.7 Å². The second-order valence-electron chi connectivity index (χ2n) is 3.90. The van der Waals surface area contributed by atoms with E-state index in [1.54, 1.807) is 0 Å². The number of hydrogen-bond donors (Lipinski definition) is 2. The molecule has 1 rings (SSSR count). The van der Waals surface area contributed by atoms with Crippen molar-refractivity contribution in [3.05, 3.63) is 26.7 Å². The predicted molar refractivity (Wildman–Crippen MR) is 71.4 cm³/mol. The van der Waals surface area contributed by atoms with Crippen molar-refractivity contribution in [2.24, 2.45) is 5.73 Å².